The van der Waals surface area contributed by atoms with E-state index in [-0.39, 0.29) is 17.4 Å². The van der Waals surface area contributed by atoms with Crippen molar-refractivity contribution >= 4 is 38.4 Å². The van der Waals surface area contributed by atoms with Crippen LogP contribution in [-0.4, -0.2) is 42.6 Å². The van der Waals surface area contributed by atoms with Crippen molar-refractivity contribution < 1.29 is 9.18 Å². The van der Waals surface area contributed by atoms with E-state index in [2.05, 4.69) is 43.1 Å². The van der Waals surface area contributed by atoms with Crippen LogP contribution in [0.1, 0.15) is 50.0 Å². The summed E-state index contributed by atoms with van der Waals surface area (Å²) in [5, 5.41) is 18.3. The number of nitrogens with one attached hydrogen (secondary N) is 2. The fraction of sp³-hybridized carbons (Fsp3) is 0.333. The summed E-state index contributed by atoms with van der Waals surface area (Å²) in [4.78, 5) is 21.6. The van der Waals surface area contributed by atoms with Gasteiger partial charge >= 0.3 is 0 Å². The third-order valence-corrected chi connectivity index (χ3v) is 5.71. The van der Waals surface area contributed by atoms with Crippen LogP contribution in [0.2, 0.25) is 0 Å². The first-order valence-corrected chi connectivity index (χ1v) is 11.2. The number of rotatable bonds is 8. The highest BCUT2D eigenvalue weighted by Crippen LogP contribution is 2.29. The summed E-state index contributed by atoms with van der Waals surface area (Å²) in [6, 6.07) is 7.95. The van der Waals surface area contributed by atoms with Crippen molar-refractivity contribution in [3.8, 4) is 11.5 Å². The van der Waals surface area contributed by atoms with Gasteiger partial charge in [-0.05, 0) is 48.9 Å². The van der Waals surface area contributed by atoms with Gasteiger partial charge in [0.15, 0.2) is 5.13 Å². The van der Waals surface area contributed by atoms with Gasteiger partial charge in [-0.15, -0.1) is 5.10 Å². The minimum atomic E-state index is -0.639. The second kappa shape index (κ2) is 9.35. The van der Waals surface area contributed by atoms with Gasteiger partial charge in [-0.1, -0.05) is 30.7 Å². The molecule has 0 bridgehead atoms. The van der Waals surface area contributed by atoms with E-state index in [4.69, 9.17) is 0 Å². The number of amides is 1. The molecule has 4 aromatic rings. The Bertz CT molecular complexity index is 1250. The fourth-order valence-corrected chi connectivity index (χ4v) is 4.01. The predicted molar refractivity (Wildman–Crippen MR) is 122 cm³/mol. The summed E-state index contributed by atoms with van der Waals surface area (Å²) >= 11 is 1.39. The zero-order valence-electron chi connectivity index (χ0n) is 18.0. The van der Waals surface area contributed by atoms with E-state index in [1.54, 1.807) is 22.9 Å². The Morgan fingerprint density at radius 3 is 2.88 bits per heavy atom. The Morgan fingerprint density at radius 1 is 1.25 bits per heavy atom. The van der Waals surface area contributed by atoms with Gasteiger partial charge < -0.3 is 10.6 Å². The third-order valence-electron chi connectivity index (χ3n) is 4.73. The molecule has 9 nitrogen and oxygen atoms in total. The molecule has 4 rings (SSSR count). The standard InChI is InChI=1S/C21H23FN8OS/c1-4-5-9-23-21-25-16-11-14(22)13(10-17(16)32-21)20(31)26-18-8-6-7-15(24-18)19-27-28-29-30(19)12(2)3/h6-8,10-12H,4-5,9H2,1-3H3,(H,23,25)(H,24,26,31). The van der Waals surface area contributed by atoms with Crippen molar-refractivity contribution in [1.29, 1.82) is 0 Å². The van der Waals surface area contributed by atoms with Gasteiger partial charge in [-0.3, -0.25) is 4.79 Å². The normalized spacial score (nSPS) is 11.3. The first-order valence-electron chi connectivity index (χ1n) is 10.4. The highest BCUT2D eigenvalue weighted by molar-refractivity contribution is 7.22. The lowest BCUT2D eigenvalue weighted by atomic mass is 10.2. The third kappa shape index (κ3) is 4.57. The fourth-order valence-electron chi connectivity index (χ4n) is 3.09. The Kier molecular flexibility index (Phi) is 6.35. The average molecular weight is 455 g/mol. The molecule has 0 saturated carbocycles. The maximum Gasteiger partial charge on any atom is 0.259 e. The molecule has 0 unspecified atom stereocenters. The summed E-state index contributed by atoms with van der Waals surface area (Å²) in [5.41, 5.74) is 0.951. The lowest BCUT2D eigenvalue weighted by molar-refractivity contribution is 0.102. The topological polar surface area (TPSA) is 111 Å². The van der Waals surface area contributed by atoms with Gasteiger partial charge in [0.1, 0.15) is 17.3 Å². The molecule has 1 amide bonds. The van der Waals surface area contributed by atoms with E-state index < -0.39 is 11.7 Å². The van der Waals surface area contributed by atoms with Crippen molar-refractivity contribution in [3.63, 3.8) is 0 Å². The molecule has 11 heteroatoms. The lowest BCUT2D eigenvalue weighted by Gasteiger charge is -2.09. The number of nitrogens with zero attached hydrogens (tertiary/aromatic N) is 6. The highest BCUT2D eigenvalue weighted by Gasteiger charge is 2.18. The number of pyridine rings is 1. The van der Waals surface area contributed by atoms with Gasteiger partial charge in [0.2, 0.25) is 5.82 Å². The van der Waals surface area contributed by atoms with Crippen LogP contribution in [0.3, 0.4) is 0 Å². The van der Waals surface area contributed by atoms with Crippen LogP contribution in [0, 0.1) is 5.82 Å². The number of anilines is 2. The van der Waals surface area contributed by atoms with E-state index in [0.29, 0.717) is 22.2 Å². The Morgan fingerprint density at radius 2 is 2.09 bits per heavy atom. The number of benzene rings is 1. The minimum absolute atomic E-state index is 0.0432. The minimum Gasteiger partial charge on any atom is -0.361 e. The quantitative estimate of drug-likeness (QED) is 0.376. The zero-order chi connectivity index (χ0) is 22.7. The maximum absolute atomic E-state index is 14.7. The van der Waals surface area contributed by atoms with Crippen molar-refractivity contribution in [2.45, 2.75) is 39.7 Å². The first kappa shape index (κ1) is 21.8. The SMILES string of the molecule is CCCCNc1nc2cc(F)c(C(=O)Nc3cccc(-c4nnnn4C(C)C)n3)cc2s1. The molecule has 0 spiro atoms. The largest absolute Gasteiger partial charge is 0.361 e. The molecule has 166 valence electrons. The Hall–Kier alpha value is -3.47. The highest BCUT2D eigenvalue weighted by atomic mass is 32.1. The second-order valence-electron chi connectivity index (χ2n) is 7.50. The summed E-state index contributed by atoms with van der Waals surface area (Å²) < 4.78 is 17.0. The molecule has 0 atom stereocenters. The van der Waals surface area contributed by atoms with Crippen LogP contribution >= 0.6 is 11.3 Å². The van der Waals surface area contributed by atoms with Gasteiger partial charge in [-0.25, -0.2) is 19.0 Å². The van der Waals surface area contributed by atoms with Crippen LogP contribution in [-0.2, 0) is 0 Å². The average Bonchev–Trinajstić information content (AvgIpc) is 3.40. The predicted octanol–water partition coefficient (Wildman–Crippen LogP) is 4.53. The number of hydrogen-bond donors (Lipinski definition) is 2. The number of halogens is 1. The molecule has 2 N–H and O–H groups in total. The molecule has 3 aromatic heterocycles. The summed E-state index contributed by atoms with van der Waals surface area (Å²) in [5.74, 6) is -0.473. The monoisotopic (exact) mass is 454 g/mol. The number of aromatic nitrogens is 6. The molecule has 0 aliphatic heterocycles. The van der Waals surface area contributed by atoms with Crippen molar-refractivity contribution in [2.75, 3.05) is 17.2 Å². The second-order valence-corrected chi connectivity index (χ2v) is 8.53. The van der Waals surface area contributed by atoms with Crippen molar-refractivity contribution in [2.24, 2.45) is 0 Å². The lowest BCUT2D eigenvalue weighted by Crippen LogP contribution is -2.15. The smallest absolute Gasteiger partial charge is 0.259 e. The van der Waals surface area contributed by atoms with Gasteiger partial charge in [0.05, 0.1) is 21.8 Å². The van der Waals surface area contributed by atoms with Crippen LogP contribution in [0.5, 0.6) is 0 Å². The number of thiazole rings is 1. The maximum atomic E-state index is 14.7. The molecule has 0 aliphatic carbocycles. The van der Waals surface area contributed by atoms with Crippen LogP contribution in [0.25, 0.3) is 21.7 Å². The van der Waals surface area contributed by atoms with Crippen LogP contribution < -0.4 is 10.6 Å². The van der Waals surface area contributed by atoms with Crippen molar-refractivity contribution in [3.05, 3.63) is 41.7 Å². The number of carbonyl (C=O) groups excluding carboxylic acids is 1. The summed E-state index contributed by atoms with van der Waals surface area (Å²) in [7, 11) is 0. The summed E-state index contributed by atoms with van der Waals surface area (Å²) in [6.45, 7) is 6.81. The van der Waals surface area contributed by atoms with Gasteiger partial charge in [0, 0.05) is 12.6 Å². The molecule has 0 aliphatic rings. The van der Waals surface area contributed by atoms with E-state index in [1.807, 2.05) is 13.8 Å². The van der Waals surface area contributed by atoms with Crippen LogP contribution in [0.15, 0.2) is 30.3 Å². The number of fused-ring (bicyclic) bond motifs is 1. The van der Waals surface area contributed by atoms with Gasteiger partial charge in [-0.2, -0.15) is 0 Å². The number of tetrazole rings is 1. The van der Waals surface area contributed by atoms with Crippen LogP contribution in [0.4, 0.5) is 15.3 Å². The molecular weight excluding hydrogens is 431 g/mol. The summed E-state index contributed by atoms with van der Waals surface area (Å²) in [6.07, 6.45) is 2.09. The molecule has 0 saturated heterocycles. The molecular formula is C21H23FN8OS. The Balaban J connectivity index is 1.56. The molecule has 0 fully saturated rings. The van der Waals surface area contributed by atoms with E-state index in [1.165, 1.54) is 23.5 Å². The number of carbonyl (C=O) groups is 1. The Labute approximate surface area is 188 Å². The van der Waals surface area contributed by atoms with E-state index in [9.17, 15) is 9.18 Å². The van der Waals surface area contributed by atoms with E-state index >= 15 is 0 Å². The molecule has 3 heterocycles. The van der Waals surface area contributed by atoms with Gasteiger partial charge in [0.25, 0.3) is 5.91 Å². The van der Waals surface area contributed by atoms with Crippen molar-refractivity contribution in [1.82, 2.24) is 30.2 Å². The zero-order valence-corrected chi connectivity index (χ0v) is 18.8. The molecule has 1 aromatic carbocycles. The van der Waals surface area contributed by atoms with E-state index in [0.717, 1.165) is 24.1 Å². The molecule has 32 heavy (non-hydrogen) atoms. The number of unbranched alkanes of at least 4 members (excludes halogenated alkanes) is 1. The molecule has 0 radical (unpaired) electrons. The first-order chi connectivity index (χ1) is 15.5. The number of hydrogen-bond acceptors (Lipinski definition) is 8.